The van der Waals surface area contributed by atoms with Crippen LogP contribution < -0.4 is 0 Å². The highest BCUT2D eigenvalue weighted by molar-refractivity contribution is 8.04. The van der Waals surface area contributed by atoms with Gasteiger partial charge in [0.05, 0.1) is 17.6 Å². The molecule has 7 nitrogen and oxygen atoms in total. The van der Waals surface area contributed by atoms with E-state index in [9.17, 15) is 14.9 Å². The fourth-order valence-corrected chi connectivity index (χ4v) is 2.45. The number of carbonyl (C=O) groups excluding carboxylic acids is 1. The highest BCUT2D eigenvalue weighted by Crippen LogP contribution is 2.36. The van der Waals surface area contributed by atoms with Gasteiger partial charge in [0.25, 0.3) is 5.69 Å². The van der Waals surface area contributed by atoms with Gasteiger partial charge in [-0.1, -0.05) is 6.07 Å². The van der Waals surface area contributed by atoms with Gasteiger partial charge in [0.15, 0.2) is 0 Å². The number of esters is 1. The third-order valence-corrected chi connectivity index (χ3v) is 3.54. The Morgan fingerprint density at radius 1 is 1.45 bits per heavy atom. The Morgan fingerprint density at radius 3 is 2.77 bits per heavy atom. The van der Waals surface area contributed by atoms with Gasteiger partial charge in [-0.2, -0.15) is 5.26 Å². The molecule has 0 N–H and O–H groups in total. The number of aromatic nitrogens is 1. The number of hydrogen-bond acceptors (Lipinski definition) is 7. The van der Waals surface area contributed by atoms with Gasteiger partial charge < -0.3 is 4.74 Å². The maximum atomic E-state index is 11.9. The first kappa shape index (κ1) is 15.5. The van der Waals surface area contributed by atoms with Crippen LogP contribution >= 0.6 is 11.8 Å². The number of thioether (sulfide) groups is 1. The molecule has 1 aromatic carbocycles. The van der Waals surface area contributed by atoms with Crippen LogP contribution in [-0.2, 0) is 4.74 Å². The molecule has 0 radical (unpaired) electrons. The number of hydrogen-bond donors (Lipinski definition) is 0. The van der Waals surface area contributed by atoms with Crippen molar-refractivity contribution in [3.05, 3.63) is 52.3 Å². The summed E-state index contributed by atoms with van der Waals surface area (Å²) in [6.07, 6.45) is 3.09. The van der Waals surface area contributed by atoms with E-state index < -0.39 is 10.9 Å². The summed E-state index contributed by atoms with van der Waals surface area (Å²) in [5, 5.41) is 21.8. The highest BCUT2D eigenvalue weighted by Gasteiger charge is 2.25. The Labute approximate surface area is 129 Å². The van der Waals surface area contributed by atoms with Crippen LogP contribution in [0.15, 0.2) is 41.6 Å². The number of thiocyanates is 1. The van der Waals surface area contributed by atoms with E-state index in [0.29, 0.717) is 22.9 Å². The minimum Gasteiger partial charge on any atom is -0.465 e. The van der Waals surface area contributed by atoms with E-state index in [0.717, 1.165) is 0 Å². The SMILES string of the molecule is COC(=O)c1cc(-c2cccnc2)cc([N+](=O)[O-])c1SC#N. The molecule has 1 heterocycles. The molecule has 1 aromatic heterocycles. The first-order valence-electron chi connectivity index (χ1n) is 5.95. The van der Waals surface area contributed by atoms with Crippen molar-refractivity contribution in [1.82, 2.24) is 4.98 Å². The van der Waals surface area contributed by atoms with Crippen LogP contribution in [0.2, 0.25) is 0 Å². The third kappa shape index (κ3) is 3.05. The number of benzene rings is 1. The summed E-state index contributed by atoms with van der Waals surface area (Å²) in [7, 11) is 1.17. The monoisotopic (exact) mass is 315 g/mol. The minimum absolute atomic E-state index is 0.0258. The first-order valence-corrected chi connectivity index (χ1v) is 6.77. The summed E-state index contributed by atoms with van der Waals surface area (Å²) in [4.78, 5) is 26.4. The lowest BCUT2D eigenvalue weighted by molar-refractivity contribution is -0.387. The molecule has 0 aliphatic heterocycles. The Hall–Kier alpha value is -2.92. The number of ether oxygens (including phenoxy) is 1. The Morgan fingerprint density at radius 2 is 2.23 bits per heavy atom. The molecule has 0 fully saturated rings. The Balaban J connectivity index is 2.74. The van der Waals surface area contributed by atoms with E-state index in [1.807, 2.05) is 0 Å². The first-order chi connectivity index (χ1) is 10.6. The number of nitro benzene ring substituents is 1. The van der Waals surface area contributed by atoms with Crippen molar-refractivity contribution in [3.63, 3.8) is 0 Å². The number of carbonyl (C=O) groups is 1. The molecular weight excluding hydrogens is 306 g/mol. The second kappa shape index (κ2) is 6.69. The van der Waals surface area contributed by atoms with Crippen LogP contribution in [0, 0.1) is 20.8 Å². The average molecular weight is 315 g/mol. The molecule has 110 valence electrons. The predicted molar refractivity (Wildman–Crippen MR) is 79.1 cm³/mol. The number of nitriles is 1. The van der Waals surface area contributed by atoms with E-state index in [4.69, 9.17) is 5.26 Å². The molecule has 0 unspecified atom stereocenters. The lowest BCUT2D eigenvalue weighted by Gasteiger charge is -2.09. The zero-order valence-electron chi connectivity index (χ0n) is 11.3. The lowest BCUT2D eigenvalue weighted by atomic mass is 10.0. The molecule has 0 saturated heterocycles. The van der Waals surface area contributed by atoms with Gasteiger partial charge in [-0.15, -0.1) is 0 Å². The van der Waals surface area contributed by atoms with Gasteiger partial charge in [-0.05, 0) is 29.5 Å². The van der Waals surface area contributed by atoms with Crippen LogP contribution in [-0.4, -0.2) is 23.0 Å². The van der Waals surface area contributed by atoms with Crippen molar-refractivity contribution >= 4 is 23.4 Å². The molecule has 2 aromatic rings. The molecule has 0 aliphatic carbocycles. The van der Waals surface area contributed by atoms with Crippen molar-refractivity contribution < 1.29 is 14.5 Å². The maximum absolute atomic E-state index is 11.9. The summed E-state index contributed by atoms with van der Waals surface area (Å²) in [5.74, 6) is -0.744. The molecule has 0 bridgehead atoms. The largest absolute Gasteiger partial charge is 0.465 e. The molecule has 22 heavy (non-hydrogen) atoms. The predicted octanol–water partition coefficient (Wildman–Crippen LogP) is 3.02. The van der Waals surface area contributed by atoms with Gasteiger partial charge in [0, 0.05) is 24.0 Å². The van der Waals surface area contributed by atoms with Crippen molar-refractivity contribution in [3.8, 4) is 16.5 Å². The topological polar surface area (TPSA) is 106 Å². The molecule has 8 heteroatoms. The molecule has 0 atom stereocenters. The summed E-state index contributed by atoms with van der Waals surface area (Å²) < 4.78 is 4.65. The van der Waals surface area contributed by atoms with Crippen molar-refractivity contribution in [2.45, 2.75) is 4.90 Å². The van der Waals surface area contributed by atoms with E-state index in [1.165, 1.54) is 25.4 Å². The number of methoxy groups -OCH3 is 1. The molecule has 0 aliphatic rings. The average Bonchev–Trinajstić information content (AvgIpc) is 2.55. The van der Waals surface area contributed by atoms with Crippen LogP contribution in [0.1, 0.15) is 10.4 Å². The quantitative estimate of drug-likeness (QED) is 0.280. The molecule has 0 spiro atoms. The van der Waals surface area contributed by atoms with Gasteiger partial charge in [0.2, 0.25) is 0 Å². The van der Waals surface area contributed by atoms with E-state index >= 15 is 0 Å². The fraction of sp³-hybridized carbons (Fsp3) is 0.0714. The van der Waals surface area contributed by atoms with Gasteiger partial charge >= 0.3 is 5.97 Å². The van der Waals surface area contributed by atoms with Crippen LogP contribution in [0.3, 0.4) is 0 Å². The molecule has 0 amide bonds. The summed E-state index contributed by atoms with van der Waals surface area (Å²) in [6.45, 7) is 0. The zero-order valence-corrected chi connectivity index (χ0v) is 12.2. The van der Waals surface area contributed by atoms with Crippen LogP contribution in [0.25, 0.3) is 11.1 Å². The molecule has 0 saturated carbocycles. The smallest absolute Gasteiger partial charge is 0.339 e. The van der Waals surface area contributed by atoms with Crippen molar-refractivity contribution in [2.24, 2.45) is 0 Å². The van der Waals surface area contributed by atoms with Gasteiger partial charge in [-0.25, -0.2) is 4.79 Å². The Kier molecular flexibility index (Phi) is 4.70. The number of rotatable bonds is 4. The summed E-state index contributed by atoms with van der Waals surface area (Å²) in [5.41, 5.74) is 0.710. The van der Waals surface area contributed by atoms with Crippen LogP contribution in [0.4, 0.5) is 5.69 Å². The second-order valence-corrected chi connectivity index (χ2v) is 4.85. The van der Waals surface area contributed by atoms with Crippen molar-refractivity contribution in [2.75, 3.05) is 7.11 Å². The van der Waals surface area contributed by atoms with E-state index in [-0.39, 0.29) is 16.1 Å². The van der Waals surface area contributed by atoms with E-state index in [1.54, 1.807) is 23.7 Å². The number of pyridine rings is 1. The zero-order chi connectivity index (χ0) is 16.1. The molecular formula is C14H9N3O4S. The number of nitrogens with zero attached hydrogens (tertiary/aromatic N) is 3. The standard InChI is InChI=1S/C14H9N3O4S/c1-21-14(18)11-5-10(9-3-2-4-16-7-9)6-12(17(19)20)13(11)22-8-15/h2-7H,1H3. The minimum atomic E-state index is -0.744. The van der Waals surface area contributed by atoms with Crippen LogP contribution in [0.5, 0.6) is 0 Å². The summed E-state index contributed by atoms with van der Waals surface area (Å²) >= 11 is 0.552. The maximum Gasteiger partial charge on any atom is 0.339 e. The Bertz CT molecular complexity index is 772. The van der Waals surface area contributed by atoms with Gasteiger partial charge in [0.1, 0.15) is 10.3 Å². The molecule has 2 rings (SSSR count). The number of nitro groups is 1. The van der Waals surface area contributed by atoms with Gasteiger partial charge in [-0.3, -0.25) is 15.1 Å². The highest BCUT2D eigenvalue weighted by atomic mass is 32.2. The lowest BCUT2D eigenvalue weighted by Crippen LogP contribution is -2.06. The fourth-order valence-electron chi connectivity index (χ4n) is 1.86. The van der Waals surface area contributed by atoms with E-state index in [2.05, 4.69) is 9.72 Å². The second-order valence-electron chi connectivity index (χ2n) is 4.06. The van der Waals surface area contributed by atoms with Crippen molar-refractivity contribution in [1.29, 1.82) is 5.26 Å². The summed E-state index contributed by atoms with van der Waals surface area (Å²) in [6, 6.07) is 6.15. The normalized spacial score (nSPS) is 9.82. The third-order valence-electron chi connectivity index (χ3n) is 2.81.